The smallest absolute Gasteiger partial charge is 0.234 e. The Balaban J connectivity index is 1.34. The Labute approximate surface area is 226 Å². The lowest BCUT2D eigenvalue weighted by molar-refractivity contribution is -0.122. The maximum Gasteiger partial charge on any atom is 0.234 e. The van der Waals surface area contributed by atoms with Gasteiger partial charge in [-0.15, -0.1) is 0 Å². The lowest BCUT2D eigenvalue weighted by Gasteiger charge is -2.25. The van der Waals surface area contributed by atoms with Crippen LogP contribution in [0, 0.1) is 5.92 Å². The highest BCUT2D eigenvalue weighted by molar-refractivity contribution is 5.78. The second-order valence-electron chi connectivity index (χ2n) is 10.6. The molecule has 5 rings (SSSR count). The Morgan fingerprint density at radius 1 is 0.947 bits per heavy atom. The summed E-state index contributed by atoms with van der Waals surface area (Å²) in [6.45, 7) is 4.26. The third kappa shape index (κ3) is 5.86. The van der Waals surface area contributed by atoms with Crippen LogP contribution in [-0.4, -0.2) is 75.9 Å². The lowest BCUT2D eigenvalue weighted by Crippen LogP contribution is -2.41. The topological polar surface area (TPSA) is 72.5 Å². The Hall–Kier alpha value is -2.97. The van der Waals surface area contributed by atoms with Crippen LogP contribution in [0.5, 0.6) is 23.0 Å². The molecule has 1 amide bonds. The Morgan fingerprint density at radius 3 is 2.58 bits per heavy atom. The van der Waals surface area contributed by atoms with Crippen LogP contribution < -0.4 is 24.3 Å². The molecular weight excluding hydrogens is 482 g/mol. The van der Waals surface area contributed by atoms with Gasteiger partial charge in [-0.2, -0.15) is 0 Å². The Morgan fingerprint density at radius 2 is 1.76 bits per heavy atom. The van der Waals surface area contributed by atoms with Crippen LogP contribution in [0.4, 0.5) is 0 Å². The molecule has 8 heteroatoms. The van der Waals surface area contributed by atoms with Crippen molar-refractivity contribution in [3.05, 3.63) is 47.5 Å². The molecule has 2 aromatic rings. The fourth-order valence-electron chi connectivity index (χ4n) is 6.42. The van der Waals surface area contributed by atoms with E-state index in [1.165, 1.54) is 18.4 Å². The minimum atomic E-state index is 0.0913. The van der Waals surface area contributed by atoms with Gasteiger partial charge in [0.25, 0.3) is 0 Å². The van der Waals surface area contributed by atoms with Crippen LogP contribution in [0.25, 0.3) is 0 Å². The number of rotatable bonds is 5. The van der Waals surface area contributed by atoms with Gasteiger partial charge in [0.2, 0.25) is 5.91 Å². The van der Waals surface area contributed by atoms with E-state index in [0.717, 1.165) is 56.0 Å². The minimum Gasteiger partial charge on any atom is -0.493 e. The number of carbonyl (C=O) groups is 1. The molecule has 3 aliphatic rings. The van der Waals surface area contributed by atoms with Crippen LogP contribution in [0.3, 0.4) is 0 Å². The molecule has 2 aromatic carbocycles. The van der Waals surface area contributed by atoms with Gasteiger partial charge in [-0.25, -0.2) is 0 Å². The monoisotopic (exact) mass is 523 g/mol. The van der Waals surface area contributed by atoms with E-state index in [1.807, 2.05) is 24.3 Å². The molecule has 0 aliphatic carbocycles. The molecule has 0 unspecified atom stereocenters. The first-order valence-electron chi connectivity index (χ1n) is 13.9. The number of hydrogen-bond donors (Lipinski definition) is 1. The molecular formula is C30H41N3O5. The van der Waals surface area contributed by atoms with Crippen molar-refractivity contribution in [2.75, 3.05) is 54.1 Å². The fraction of sp³-hybridized carbons (Fsp3) is 0.567. The van der Waals surface area contributed by atoms with Gasteiger partial charge in [0, 0.05) is 25.2 Å². The molecule has 2 saturated heterocycles. The van der Waals surface area contributed by atoms with Crippen LogP contribution in [-0.2, 0) is 11.3 Å². The Kier molecular flexibility index (Phi) is 8.59. The van der Waals surface area contributed by atoms with E-state index in [4.69, 9.17) is 18.9 Å². The van der Waals surface area contributed by atoms with Crippen LogP contribution in [0.15, 0.2) is 36.4 Å². The Bertz CT molecular complexity index is 1110. The summed E-state index contributed by atoms with van der Waals surface area (Å²) in [6, 6.07) is 13.2. The second-order valence-corrected chi connectivity index (χ2v) is 10.6. The number of carbonyl (C=O) groups excluding carboxylic acids is 1. The van der Waals surface area contributed by atoms with Gasteiger partial charge in [-0.1, -0.05) is 12.1 Å². The number of methoxy groups -OCH3 is 3. The van der Waals surface area contributed by atoms with Gasteiger partial charge in [0.05, 0.1) is 34.5 Å². The summed E-state index contributed by atoms with van der Waals surface area (Å²) in [4.78, 5) is 18.0. The van der Waals surface area contributed by atoms with Crippen molar-refractivity contribution in [1.82, 2.24) is 15.1 Å². The molecule has 4 bridgehead atoms. The van der Waals surface area contributed by atoms with E-state index in [9.17, 15) is 4.79 Å². The van der Waals surface area contributed by atoms with Crippen LogP contribution in [0.1, 0.15) is 49.3 Å². The van der Waals surface area contributed by atoms with Gasteiger partial charge in [0.15, 0.2) is 23.0 Å². The number of fused-ring (bicyclic) bond motifs is 8. The molecule has 38 heavy (non-hydrogen) atoms. The van der Waals surface area contributed by atoms with Gasteiger partial charge in [-0.05, 0) is 86.5 Å². The van der Waals surface area contributed by atoms with E-state index in [-0.39, 0.29) is 5.91 Å². The highest BCUT2D eigenvalue weighted by Gasteiger charge is 2.44. The summed E-state index contributed by atoms with van der Waals surface area (Å²) in [5, 5.41) is 3.29. The molecule has 8 nitrogen and oxygen atoms in total. The average molecular weight is 524 g/mol. The molecule has 0 spiro atoms. The molecule has 0 radical (unpaired) electrons. The van der Waals surface area contributed by atoms with Crippen molar-refractivity contribution >= 4 is 5.91 Å². The zero-order chi connectivity index (χ0) is 26.5. The van der Waals surface area contributed by atoms with E-state index >= 15 is 0 Å². The molecule has 0 saturated carbocycles. The molecule has 3 aliphatic heterocycles. The summed E-state index contributed by atoms with van der Waals surface area (Å²) >= 11 is 0. The highest BCUT2D eigenvalue weighted by atomic mass is 16.5. The zero-order valence-corrected chi connectivity index (χ0v) is 22.9. The minimum absolute atomic E-state index is 0.0913. The quantitative estimate of drug-likeness (QED) is 0.635. The van der Waals surface area contributed by atoms with Crippen molar-refractivity contribution in [2.24, 2.45) is 5.92 Å². The zero-order valence-electron chi connectivity index (χ0n) is 22.9. The highest BCUT2D eigenvalue weighted by Crippen LogP contribution is 2.46. The predicted octanol–water partition coefficient (Wildman–Crippen LogP) is 4.03. The SMILES string of the molecule is COc1ccc(CN2CCCCOc3cc(ccc3OC)[C@H]3C[C@H](CNC(=O)C2)[C@@H]2CCCN32)cc1OC. The van der Waals surface area contributed by atoms with Crippen molar-refractivity contribution in [3.8, 4) is 23.0 Å². The van der Waals surface area contributed by atoms with Gasteiger partial charge >= 0.3 is 0 Å². The van der Waals surface area contributed by atoms with E-state index < -0.39 is 0 Å². The van der Waals surface area contributed by atoms with E-state index in [0.29, 0.717) is 49.2 Å². The molecule has 0 aromatic heterocycles. The number of hydrogen-bond acceptors (Lipinski definition) is 7. The number of nitrogens with zero attached hydrogens (tertiary/aromatic N) is 2. The number of benzene rings is 2. The number of ether oxygens (including phenoxy) is 4. The van der Waals surface area contributed by atoms with E-state index in [1.54, 1.807) is 21.3 Å². The first-order chi connectivity index (χ1) is 18.6. The van der Waals surface area contributed by atoms with E-state index in [2.05, 4.69) is 27.2 Å². The van der Waals surface area contributed by atoms with Crippen molar-refractivity contribution in [1.29, 1.82) is 0 Å². The summed E-state index contributed by atoms with van der Waals surface area (Å²) in [5.74, 6) is 3.55. The van der Waals surface area contributed by atoms with Crippen molar-refractivity contribution < 1.29 is 23.7 Å². The number of nitrogens with one attached hydrogen (secondary N) is 1. The van der Waals surface area contributed by atoms with Gasteiger partial charge in [0.1, 0.15) is 0 Å². The summed E-state index contributed by atoms with van der Waals surface area (Å²) in [7, 11) is 4.98. The van der Waals surface area contributed by atoms with Gasteiger partial charge < -0.3 is 24.3 Å². The lowest BCUT2D eigenvalue weighted by atomic mass is 9.94. The third-order valence-electron chi connectivity index (χ3n) is 8.29. The van der Waals surface area contributed by atoms with Crippen LogP contribution >= 0.6 is 0 Å². The first kappa shape index (κ1) is 26.6. The molecule has 2 fully saturated rings. The summed E-state index contributed by atoms with van der Waals surface area (Å²) < 4.78 is 22.7. The average Bonchev–Trinajstić information content (AvgIpc) is 3.54. The molecule has 3 atom stereocenters. The predicted molar refractivity (Wildman–Crippen MR) is 146 cm³/mol. The first-order valence-corrected chi connectivity index (χ1v) is 13.9. The maximum absolute atomic E-state index is 13.1. The molecule has 206 valence electrons. The normalized spacial score (nSPS) is 24.8. The van der Waals surface area contributed by atoms with Gasteiger partial charge in [-0.3, -0.25) is 14.6 Å². The third-order valence-corrected chi connectivity index (χ3v) is 8.29. The van der Waals surface area contributed by atoms with Crippen molar-refractivity contribution in [3.63, 3.8) is 0 Å². The standard InChI is InChI=1S/C30H41N3O5/c1-35-26-10-8-21(15-28(26)37-3)19-32-12-4-5-14-38-29-17-22(9-11-27(29)36-2)25-16-23(18-31-30(34)20-32)24-7-6-13-33(24)25/h8-11,15,17,23-25H,4-7,12-14,16,18-20H2,1-3H3,(H,31,34)/t23-,24+,25-/m1/s1. The largest absolute Gasteiger partial charge is 0.493 e. The van der Waals surface area contributed by atoms with Crippen LogP contribution in [0.2, 0.25) is 0 Å². The fourth-order valence-corrected chi connectivity index (χ4v) is 6.42. The number of amides is 1. The maximum atomic E-state index is 13.1. The summed E-state index contributed by atoms with van der Waals surface area (Å²) in [6.07, 6.45) is 5.26. The second kappa shape index (κ2) is 12.3. The molecule has 3 heterocycles. The molecule has 1 N–H and O–H groups in total. The summed E-state index contributed by atoms with van der Waals surface area (Å²) in [5.41, 5.74) is 2.37. The van der Waals surface area contributed by atoms with Crippen molar-refractivity contribution in [2.45, 2.75) is 50.7 Å².